The molecule has 4 heteroatoms. The van der Waals surface area contributed by atoms with Crippen LogP contribution in [0.15, 0.2) is 42.6 Å². The molecule has 0 saturated carbocycles. The number of likely N-dealkylation sites (N-methyl/N-ethyl adjacent to an activating group) is 1. The van der Waals surface area contributed by atoms with E-state index in [1.807, 2.05) is 36.5 Å². The molecule has 0 unspecified atom stereocenters. The van der Waals surface area contributed by atoms with Gasteiger partial charge in [-0.25, -0.2) is 4.98 Å². The van der Waals surface area contributed by atoms with Crippen molar-refractivity contribution < 1.29 is 5.11 Å². The molecule has 0 aliphatic carbocycles. The van der Waals surface area contributed by atoms with E-state index in [4.69, 9.17) is 0 Å². The topological polar surface area (TPSA) is 39.6 Å². The number of rotatable bonds is 4. The average molecular weight is 311 g/mol. The lowest BCUT2D eigenvalue weighted by atomic mass is 9.99. The van der Waals surface area contributed by atoms with Gasteiger partial charge in [0.1, 0.15) is 11.9 Å². The van der Waals surface area contributed by atoms with Gasteiger partial charge in [0, 0.05) is 37.9 Å². The predicted molar refractivity (Wildman–Crippen MR) is 93.8 cm³/mol. The lowest BCUT2D eigenvalue weighted by Crippen LogP contribution is -2.46. The zero-order chi connectivity index (χ0) is 16.2. The van der Waals surface area contributed by atoms with Crippen molar-refractivity contribution in [2.75, 3.05) is 37.6 Å². The van der Waals surface area contributed by atoms with Crippen LogP contribution in [-0.4, -0.2) is 47.7 Å². The van der Waals surface area contributed by atoms with Crippen LogP contribution >= 0.6 is 0 Å². The Kier molecular flexibility index (Phi) is 4.94. The van der Waals surface area contributed by atoms with Crippen LogP contribution < -0.4 is 4.90 Å². The molecule has 0 bridgehead atoms. The summed E-state index contributed by atoms with van der Waals surface area (Å²) in [5.74, 6) is 1.02. The van der Waals surface area contributed by atoms with Crippen molar-refractivity contribution in [3.63, 3.8) is 0 Å². The van der Waals surface area contributed by atoms with Gasteiger partial charge in [0.05, 0.1) is 0 Å². The van der Waals surface area contributed by atoms with E-state index < -0.39 is 6.10 Å². The fraction of sp³-hybridized carbons (Fsp3) is 0.421. The third kappa shape index (κ3) is 3.54. The first-order valence-corrected chi connectivity index (χ1v) is 8.36. The lowest BCUT2D eigenvalue weighted by molar-refractivity contribution is 0.219. The van der Waals surface area contributed by atoms with E-state index in [-0.39, 0.29) is 0 Å². The highest BCUT2D eigenvalue weighted by Crippen LogP contribution is 2.26. The van der Waals surface area contributed by atoms with Gasteiger partial charge in [-0.3, -0.25) is 0 Å². The van der Waals surface area contributed by atoms with Crippen LogP contribution in [-0.2, 0) is 0 Å². The summed E-state index contributed by atoms with van der Waals surface area (Å²) in [6.45, 7) is 9.58. The van der Waals surface area contributed by atoms with Crippen molar-refractivity contribution in [1.82, 2.24) is 9.88 Å². The van der Waals surface area contributed by atoms with E-state index in [2.05, 4.69) is 34.7 Å². The number of benzene rings is 1. The molecule has 1 aliphatic rings. The zero-order valence-corrected chi connectivity index (χ0v) is 13.9. The summed E-state index contributed by atoms with van der Waals surface area (Å²) in [6, 6.07) is 11.8. The molecule has 1 aromatic heterocycles. The number of piperazine rings is 1. The monoisotopic (exact) mass is 311 g/mol. The average Bonchev–Trinajstić information content (AvgIpc) is 2.62. The van der Waals surface area contributed by atoms with Crippen LogP contribution in [0.1, 0.15) is 29.7 Å². The highest BCUT2D eigenvalue weighted by molar-refractivity contribution is 5.46. The van der Waals surface area contributed by atoms with Crippen LogP contribution in [0.3, 0.4) is 0 Å². The maximum atomic E-state index is 10.6. The Balaban J connectivity index is 1.76. The number of hydrogen-bond donors (Lipinski definition) is 1. The van der Waals surface area contributed by atoms with Crippen LogP contribution in [0.5, 0.6) is 0 Å². The first kappa shape index (κ1) is 16.0. The van der Waals surface area contributed by atoms with Gasteiger partial charge in [0.15, 0.2) is 0 Å². The Morgan fingerprint density at radius 1 is 1.13 bits per heavy atom. The molecule has 0 spiro atoms. The molecule has 2 aromatic rings. The second-order valence-corrected chi connectivity index (χ2v) is 6.13. The van der Waals surface area contributed by atoms with E-state index in [9.17, 15) is 5.11 Å². The van der Waals surface area contributed by atoms with E-state index in [0.29, 0.717) is 0 Å². The Labute approximate surface area is 138 Å². The fourth-order valence-electron chi connectivity index (χ4n) is 3.12. The van der Waals surface area contributed by atoms with Gasteiger partial charge in [-0.1, -0.05) is 37.3 Å². The Morgan fingerprint density at radius 3 is 2.43 bits per heavy atom. The number of aliphatic hydroxyl groups is 1. The molecule has 122 valence electrons. The van der Waals surface area contributed by atoms with Gasteiger partial charge in [-0.15, -0.1) is 0 Å². The summed E-state index contributed by atoms with van der Waals surface area (Å²) in [5.41, 5.74) is 2.87. The number of aliphatic hydroxyl groups excluding tert-OH is 1. The van der Waals surface area contributed by atoms with Crippen LogP contribution in [0.2, 0.25) is 0 Å². The quantitative estimate of drug-likeness (QED) is 0.942. The molecular weight excluding hydrogens is 286 g/mol. The van der Waals surface area contributed by atoms with E-state index in [1.54, 1.807) is 0 Å². The van der Waals surface area contributed by atoms with Crippen molar-refractivity contribution >= 4 is 5.82 Å². The van der Waals surface area contributed by atoms with Gasteiger partial charge in [-0.05, 0) is 30.7 Å². The summed E-state index contributed by atoms with van der Waals surface area (Å²) >= 11 is 0. The highest BCUT2D eigenvalue weighted by Gasteiger charge is 2.19. The highest BCUT2D eigenvalue weighted by atomic mass is 16.3. The van der Waals surface area contributed by atoms with Crippen molar-refractivity contribution in [3.8, 4) is 0 Å². The van der Waals surface area contributed by atoms with E-state index >= 15 is 0 Å². The lowest BCUT2D eigenvalue weighted by Gasteiger charge is -2.35. The number of hydrogen-bond acceptors (Lipinski definition) is 4. The van der Waals surface area contributed by atoms with Gasteiger partial charge in [0.25, 0.3) is 0 Å². The third-order valence-corrected chi connectivity index (χ3v) is 4.69. The molecule has 1 N–H and O–H groups in total. The van der Waals surface area contributed by atoms with E-state index in [0.717, 1.165) is 55.2 Å². The number of aryl methyl sites for hydroxylation is 1. The van der Waals surface area contributed by atoms with Gasteiger partial charge >= 0.3 is 0 Å². The Bertz CT molecular complexity index is 636. The predicted octanol–water partition coefficient (Wildman–Crippen LogP) is 2.61. The minimum atomic E-state index is -0.616. The Morgan fingerprint density at radius 2 is 1.83 bits per heavy atom. The fourth-order valence-corrected chi connectivity index (χ4v) is 3.12. The zero-order valence-electron chi connectivity index (χ0n) is 13.9. The van der Waals surface area contributed by atoms with Crippen LogP contribution in [0.4, 0.5) is 5.82 Å². The van der Waals surface area contributed by atoms with Crippen molar-refractivity contribution in [2.45, 2.75) is 20.0 Å². The van der Waals surface area contributed by atoms with E-state index in [1.165, 1.54) is 0 Å². The van der Waals surface area contributed by atoms with Crippen LogP contribution in [0.25, 0.3) is 0 Å². The Hall–Kier alpha value is -1.91. The van der Waals surface area contributed by atoms with Gasteiger partial charge in [-0.2, -0.15) is 0 Å². The summed E-state index contributed by atoms with van der Waals surface area (Å²) in [5, 5.41) is 10.6. The molecule has 1 atom stereocenters. The molecule has 2 heterocycles. The number of pyridine rings is 1. The summed E-state index contributed by atoms with van der Waals surface area (Å²) in [6.07, 6.45) is 1.21. The maximum Gasteiger partial charge on any atom is 0.128 e. The normalized spacial score (nSPS) is 17.3. The van der Waals surface area contributed by atoms with Crippen molar-refractivity contribution in [1.29, 1.82) is 0 Å². The summed E-state index contributed by atoms with van der Waals surface area (Å²) < 4.78 is 0. The second-order valence-electron chi connectivity index (χ2n) is 6.13. The van der Waals surface area contributed by atoms with Crippen molar-refractivity contribution in [2.24, 2.45) is 0 Å². The minimum Gasteiger partial charge on any atom is -0.384 e. The number of anilines is 1. The minimum absolute atomic E-state index is 0.616. The third-order valence-electron chi connectivity index (χ3n) is 4.69. The molecule has 3 rings (SSSR count). The molecule has 1 aliphatic heterocycles. The number of aromatic nitrogens is 1. The standard InChI is InChI=1S/C19H25N3O/c1-3-21-9-11-22(12-10-21)18-13-15(2)17(14-20-18)19(23)16-7-5-4-6-8-16/h4-8,13-14,19,23H,3,9-12H2,1-2H3/t19-/m1/s1. The SMILES string of the molecule is CCN1CCN(c2cc(C)c([C@H](O)c3ccccc3)cn2)CC1. The molecule has 23 heavy (non-hydrogen) atoms. The van der Waals surface area contributed by atoms with Gasteiger partial charge in [0.2, 0.25) is 0 Å². The second kappa shape index (κ2) is 7.11. The summed E-state index contributed by atoms with van der Waals surface area (Å²) in [4.78, 5) is 9.39. The molecule has 1 aromatic carbocycles. The molecule has 0 amide bonds. The first-order chi connectivity index (χ1) is 11.2. The van der Waals surface area contributed by atoms with Crippen LogP contribution in [0, 0.1) is 6.92 Å². The molecular formula is C19H25N3O. The molecule has 0 radical (unpaired) electrons. The molecule has 4 nitrogen and oxygen atoms in total. The number of nitrogens with zero attached hydrogens (tertiary/aromatic N) is 3. The first-order valence-electron chi connectivity index (χ1n) is 8.36. The van der Waals surface area contributed by atoms with Crippen molar-refractivity contribution in [3.05, 3.63) is 59.3 Å². The largest absolute Gasteiger partial charge is 0.384 e. The molecule has 1 fully saturated rings. The smallest absolute Gasteiger partial charge is 0.128 e. The molecule has 1 saturated heterocycles. The maximum absolute atomic E-state index is 10.6. The van der Waals surface area contributed by atoms with Gasteiger partial charge < -0.3 is 14.9 Å². The summed E-state index contributed by atoms with van der Waals surface area (Å²) in [7, 11) is 0.